The summed E-state index contributed by atoms with van der Waals surface area (Å²) in [5.74, 6) is 0.726. The zero-order valence-electron chi connectivity index (χ0n) is 11.2. The van der Waals surface area contributed by atoms with E-state index in [1.807, 2.05) is 0 Å². The third-order valence-corrected chi connectivity index (χ3v) is 4.45. The van der Waals surface area contributed by atoms with Crippen LogP contribution in [0.3, 0.4) is 0 Å². The van der Waals surface area contributed by atoms with Crippen LogP contribution >= 0.6 is 0 Å². The van der Waals surface area contributed by atoms with E-state index in [4.69, 9.17) is 10.5 Å². The molecule has 2 aliphatic rings. The van der Waals surface area contributed by atoms with Gasteiger partial charge >= 0.3 is 0 Å². The summed E-state index contributed by atoms with van der Waals surface area (Å²) < 4.78 is 5.80. The molecule has 0 amide bonds. The summed E-state index contributed by atoms with van der Waals surface area (Å²) in [6, 6.07) is 0.733. The molecule has 0 aromatic carbocycles. The highest BCUT2D eigenvalue weighted by Gasteiger charge is 2.32. The minimum atomic E-state index is 0.467. The van der Waals surface area contributed by atoms with Gasteiger partial charge in [0.2, 0.25) is 0 Å². The van der Waals surface area contributed by atoms with E-state index >= 15 is 0 Å². The van der Waals surface area contributed by atoms with Crippen LogP contribution in [-0.2, 0) is 4.74 Å². The molecule has 2 fully saturated rings. The van der Waals surface area contributed by atoms with Crippen LogP contribution in [0.2, 0.25) is 0 Å². The van der Waals surface area contributed by atoms with Crippen molar-refractivity contribution in [1.29, 1.82) is 0 Å². The molecule has 1 aliphatic carbocycles. The van der Waals surface area contributed by atoms with Gasteiger partial charge in [-0.1, -0.05) is 12.8 Å². The summed E-state index contributed by atoms with van der Waals surface area (Å²) in [6.45, 7) is 6.20. The molecule has 0 radical (unpaired) electrons. The molecule has 1 saturated carbocycles. The van der Waals surface area contributed by atoms with Crippen molar-refractivity contribution in [3.8, 4) is 0 Å². The fourth-order valence-electron chi connectivity index (χ4n) is 3.58. The Morgan fingerprint density at radius 1 is 1.18 bits per heavy atom. The number of nitrogens with zero attached hydrogens (tertiary/aromatic N) is 1. The topological polar surface area (TPSA) is 38.5 Å². The minimum absolute atomic E-state index is 0.467. The lowest BCUT2D eigenvalue weighted by atomic mass is 9.82. The predicted molar refractivity (Wildman–Crippen MR) is 71.0 cm³/mol. The quantitative estimate of drug-likeness (QED) is 0.817. The van der Waals surface area contributed by atoms with Crippen LogP contribution in [0.1, 0.15) is 45.4 Å². The largest absolute Gasteiger partial charge is 0.377 e. The zero-order valence-corrected chi connectivity index (χ0v) is 11.2. The van der Waals surface area contributed by atoms with Gasteiger partial charge in [-0.05, 0) is 51.6 Å². The number of rotatable bonds is 4. The van der Waals surface area contributed by atoms with Crippen molar-refractivity contribution in [1.82, 2.24) is 4.90 Å². The van der Waals surface area contributed by atoms with Crippen molar-refractivity contribution in [3.63, 3.8) is 0 Å². The Morgan fingerprint density at radius 3 is 2.76 bits per heavy atom. The lowest BCUT2D eigenvalue weighted by Crippen LogP contribution is -2.50. The molecule has 3 unspecified atom stereocenters. The molecule has 0 aromatic rings. The molecule has 1 heterocycles. The maximum Gasteiger partial charge on any atom is 0.0702 e. The first-order valence-corrected chi connectivity index (χ1v) is 7.40. The molecule has 3 atom stereocenters. The first-order chi connectivity index (χ1) is 8.35. The Bertz CT molecular complexity index is 220. The van der Waals surface area contributed by atoms with Crippen LogP contribution in [0.25, 0.3) is 0 Å². The van der Waals surface area contributed by atoms with Crippen molar-refractivity contribution >= 4 is 0 Å². The number of likely N-dealkylation sites (tertiary alicyclic amines) is 1. The Hall–Kier alpha value is -0.120. The van der Waals surface area contributed by atoms with Gasteiger partial charge in [-0.15, -0.1) is 0 Å². The molecule has 1 aliphatic heterocycles. The molecule has 2 N–H and O–H groups in total. The van der Waals surface area contributed by atoms with E-state index < -0.39 is 0 Å². The van der Waals surface area contributed by atoms with Crippen LogP contribution in [-0.4, -0.2) is 43.3 Å². The summed E-state index contributed by atoms with van der Waals surface area (Å²) >= 11 is 0. The molecule has 0 bridgehead atoms. The molecule has 0 aromatic heterocycles. The number of hydrogen-bond donors (Lipinski definition) is 1. The highest BCUT2D eigenvalue weighted by molar-refractivity contribution is 4.87. The van der Waals surface area contributed by atoms with E-state index in [0.29, 0.717) is 6.10 Å². The smallest absolute Gasteiger partial charge is 0.0702 e. The van der Waals surface area contributed by atoms with Gasteiger partial charge < -0.3 is 10.5 Å². The fourth-order valence-corrected chi connectivity index (χ4v) is 3.58. The summed E-state index contributed by atoms with van der Waals surface area (Å²) in [6.07, 6.45) is 8.44. The molecule has 2 rings (SSSR count). The van der Waals surface area contributed by atoms with Crippen molar-refractivity contribution in [2.45, 2.75) is 57.6 Å². The average molecular weight is 240 g/mol. The normalized spacial score (nSPS) is 36.0. The van der Waals surface area contributed by atoms with Gasteiger partial charge in [-0.3, -0.25) is 4.90 Å². The van der Waals surface area contributed by atoms with Gasteiger partial charge in [-0.25, -0.2) is 0 Å². The van der Waals surface area contributed by atoms with Crippen molar-refractivity contribution < 1.29 is 4.74 Å². The average Bonchev–Trinajstić information content (AvgIpc) is 2.39. The SMILES string of the molecule is CCOC1CCCN(C2CCCCC2CN)C1. The Kier molecular flexibility index (Phi) is 5.26. The van der Waals surface area contributed by atoms with Gasteiger partial charge in [-0.2, -0.15) is 0 Å². The third kappa shape index (κ3) is 3.43. The molecule has 3 nitrogen and oxygen atoms in total. The second-order valence-corrected chi connectivity index (χ2v) is 5.56. The molecular weight excluding hydrogens is 212 g/mol. The number of ether oxygens (including phenoxy) is 1. The third-order valence-electron chi connectivity index (χ3n) is 4.45. The van der Waals surface area contributed by atoms with Crippen LogP contribution < -0.4 is 5.73 Å². The lowest BCUT2D eigenvalue weighted by Gasteiger charge is -2.43. The van der Waals surface area contributed by atoms with Crippen LogP contribution in [0.4, 0.5) is 0 Å². The van der Waals surface area contributed by atoms with E-state index in [9.17, 15) is 0 Å². The zero-order chi connectivity index (χ0) is 12.1. The van der Waals surface area contributed by atoms with Gasteiger partial charge in [0.1, 0.15) is 0 Å². The lowest BCUT2D eigenvalue weighted by molar-refractivity contribution is -0.0221. The summed E-state index contributed by atoms with van der Waals surface area (Å²) in [7, 11) is 0. The first kappa shape index (κ1) is 13.3. The highest BCUT2D eigenvalue weighted by Crippen LogP contribution is 2.30. The maximum absolute atomic E-state index is 5.94. The molecule has 17 heavy (non-hydrogen) atoms. The predicted octanol–water partition coefficient (Wildman–Crippen LogP) is 2.00. The van der Waals surface area contributed by atoms with Crippen molar-refractivity contribution in [2.24, 2.45) is 11.7 Å². The summed E-state index contributed by atoms with van der Waals surface area (Å²) in [5, 5.41) is 0. The van der Waals surface area contributed by atoms with E-state index in [0.717, 1.165) is 31.7 Å². The fraction of sp³-hybridized carbons (Fsp3) is 1.00. The first-order valence-electron chi connectivity index (χ1n) is 7.40. The van der Waals surface area contributed by atoms with Crippen molar-refractivity contribution in [3.05, 3.63) is 0 Å². The number of nitrogens with two attached hydrogens (primary N) is 1. The van der Waals surface area contributed by atoms with Gasteiger partial charge in [0.25, 0.3) is 0 Å². The van der Waals surface area contributed by atoms with E-state index in [1.54, 1.807) is 0 Å². The van der Waals surface area contributed by atoms with Crippen molar-refractivity contribution in [2.75, 3.05) is 26.2 Å². The van der Waals surface area contributed by atoms with E-state index in [-0.39, 0.29) is 0 Å². The van der Waals surface area contributed by atoms with Crippen LogP contribution in [0.5, 0.6) is 0 Å². The monoisotopic (exact) mass is 240 g/mol. The van der Waals surface area contributed by atoms with Gasteiger partial charge in [0.15, 0.2) is 0 Å². The second kappa shape index (κ2) is 6.72. The number of piperidine rings is 1. The van der Waals surface area contributed by atoms with Gasteiger partial charge in [0, 0.05) is 19.2 Å². The van der Waals surface area contributed by atoms with Crippen LogP contribution in [0.15, 0.2) is 0 Å². The molecule has 100 valence electrons. The Morgan fingerprint density at radius 2 is 2.00 bits per heavy atom. The Balaban J connectivity index is 1.90. The minimum Gasteiger partial charge on any atom is -0.377 e. The molecule has 1 saturated heterocycles. The Labute approximate surface area is 106 Å². The van der Waals surface area contributed by atoms with Gasteiger partial charge in [0.05, 0.1) is 6.10 Å². The van der Waals surface area contributed by atoms with Crippen LogP contribution in [0, 0.1) is 5.92 Å². The van der Waals surface area contributed by atoms with E-state index in [2.05, 4.69) is 11.8 Å². The number of hydrogen-bond acceptors (Lipinski definition) is 3. The molecule has 0 spiro atoms. The maximum atomic E-state index is 5.94. The molecule has 3 heteroatoms. The second-order valence-electron chi connectivity index (χ2n) is 5.56. The standard InChI is InChI=1S/C14H28N2O/c1-2-17-13-7-5-9-16(11-13)14-8-4-3-6-12(14)10-15/h12-14H,2-11,15H2,1H3. The summed E-state index contributed by atoms with van der Waals surface area (Å²) in [5.41, 5.74) is 5.94. The summed E-state index contributed by atoms with van der Waals surface area (Å²) in [4.78, 5) is 2.67. The molecular formula is C14H28N2O. The van der Waals surface area contributed by atoms with E-state index in [1.165, 1.54) is 45.1 Å². The highest BCUT2D eigenvalue weighted by atomic mass is 16.5.